The summed E-state index contributed by atoms with van der Waals surface area (Å²) in [4.78, 5) is 0. The molecular weight excluding hydrogens is 466 g/mol. The molecule has 0 fully saturated rings. The van der Waals surface area contributed by atoms with Gasteiger partial charge in [0.25, 0.3) is 0 Å². The van der Waals surface area contributed by atoms with Gasteiger partial charge >= 0.3 is 6.18 Å². The Morgan fingerprint density at radius 3 is 1.97 bits per heavy atom. The summed E-state index contributed by atoms with van der Waals surface area (Å²) in [6, 6.07) is 20.6. The Morgan fingerprint density at radius 2 is 1.38 bits per heavy atom. The summed E-state index contributed by atoms with van der Waals surface area (Å²) in [6.45, 7) is 0.0990. The van der Waals surface area contributed by atoms with E-state index in [1.54, 1.807) is 24.3 Å². The lowest BCUT2D eigenvalue weighted by Gasteiger charge is -2.15. The molecule has 0 unspecified atom stereocenters. The lowest BCUT2D eigenvalue weighted by atomic mass is 9.96. The molecule has 4 aromatic rings. The van der Waals surface area contributed by atoms with Crippen LogP contribution in [0.1, 0.15) is 16.8 Å². The van der Waals surface area contributed by atoms with Crippen molar-refractivity contribution in [3.8, 4) is 22.3 Å². The SMILES string of the molecule is O=[SH](=O)Cc1ccc(-c2cn(CCc3ccccc3)c(C(F)(F)F)c2-c2ccc(F)cc2)cc1. The van der Waals surface area contributed by atoms with E-state index in [-0.39, 0.29) is 23.4 Å². The van der Waals surface area contributed by atoms with Crippen LogP contribution in [0.4, 0.5) is 17.6 Å². The van der Waals surface area contributed by atoms with Gasteiger partial charge in [-0.3, -0.25) is 0 Å². The summed E-state index contributed by atoms with van der Waals surface area (Å²) in [5.74, 6) is -0.690. The Hall–Kier alpha value is -3.39. The first kappa shape index (κ1) is 23.8. The molecule has 0 spiro atoms. The van der Waals surface area contributed by atoms with Gasteiger partial charge in [0.1, 0.15) is 22.2 Å². The summed E-state index contributed by atoms with van der Waals surface area (Å²) >= 11 is 0. The van der Waals surface area contributed by atoms with Gasteiger partial charge in [-0.25, -0.2) is 12.8 Å². The predicted octanol–water partition coefficient (Wildman–Crippen LogP) is 6.33. The molecular formula is C26H21F4NO2S. The van der Waals surface area contributed by atoms with Gasteiger partial charge in [-0.15, -0.1) is 0 Å². The Labute approximate surface area is 196 Å². The van der Waals surface area contributed by atoms with Crippen LogP contribution in [-0.2, 0) is 35.6 Å². The molecule has 0 amide bonds. The highest BCUT2D eigenvalue weighted by Gasteiger charge is 2.39. The Bertz CT molecular complexity index is 1330. The molecule has 1 aromatic heterocycles. The second-order valence-electron chi connectivity index (χ2n) is 7.89. The predicted molar refractivity (Wildman–Crippen MR) is 124 cm³/mol. The molecule has 176 valence electrons. The summed E-state index contributed by atoms with van der Waals surface area (Å²) in [5, 5.41) is 0. The molecule has 0 aliphatic rings. The topological polar surface area (TPSA) is 39.1 Å². The van der Waals surface area contributed by atoms with Crippen LogP contribution in [0.5, 0.6) is 0 Å². The molecule has 8 heteroatoms. The number of thiol groups is 1. The fourth-order valence-corrected chi connectivity index (χ4v) is 4.51. The quantitative estimate of drug-likeness (QED) is 0.244. The zero-order valence-corrected chi connectivity index (χ0v) is 18.8. The lowest BCUT2D eigenvalue weighted by molar-refractivity contribution is -0.143. The molecule has 0 atom stereocenters. The van der Waals surface area contributed by atoms with Crippen molar-refractivity contribution in [3.63, 3.8) is 0 Å². The maximum Gasteiger partial charge on any atom is 0.432 e. The number of nitrogens with zero attached hydrogens (tertiary/aromatic N) is 1. The van der Waals surface area contributed by atoms with E-state index >= 15 is 0 Å². The summed E-state index contributed by atoms with van der Waals surface area (Å²) in [5.41, 5.74) is 1.69. The van der Waals surface area contributed by atoms with E-state index in [1.807, 2.05) is 30.3 Å². The van der Waals surface area contributed by atoms with Crippen molar-refractivity contribution in [2.24, 2.45) is 0 Å². The minimum absolute atomic E-state index is 0.0387. The van der Waals surface area contributed by atoms with Gasteiger partial charge in [-0.05, 0) is 40.8 Å². The lowest BCUT2D eigenvalue weighted by Crippen LogP contribution is -2.15. The molecule has 4 rings (SSSR count). The number of halogens is 4. The second kappa shape index (κ2) is 9.85. The maximum absolute atomic E-state index is 14.4. The van der Waals surface area contributed by atoms with Crippen molar-refractivity contribution in [1.29, 1.82) is 0 Å². The van der Waals surface area contributed by atoms with Gasteiger partial charge < -0.3 is 4.57 Å². The number of rotatable bonds is 7. The molecule has 0 bridgehead atoms. The van der Waals surface area contributed by atoms with Crippen molar-refractivity contribution < 1.29 is 26.0 Å². The summed E-state index contributed by atoms with van der Waals surface area (Å²) in [7, 11) is -2.62. The van der Waals surface area contributed by atoms with Crippen molar-refractivity contribution in [2.45, 2.75) is 24.9 Å². The number of benzene rings is 3. The van der Waals surface area contributed by atoms with Gasteiger partial charge in [0, 0.05) is 23.9 Å². The molecule has 0 aliphatic carbocycles. The number of aryl methyl sites for hydroxylation is 2. The van der Waals surface area contributed by atoms with Gasteiger partial charge in [-0.1, -0.05) is 66.7 Å². The fourth-order valence-electron chi connectivity index (χ4n) is 4.00. The first-order valence-corrected chi connectivity index (χ1v) is 11.9. The smallest absolute Gasteiger partial charge is 0.342 e. The molecule has 0 radical (unpaired) electrons. The fraction of sp³-hybridized carbons (Fsp3) is 0.154. The zero-order valence-electron chi connectivity index (χ0n) is 17.9. The van der Waals surface area contributed by atoms with E-state index in [0.717, 1.165) is 17.7 Å². The Morgan fingerprint density at radius 1 is 0.765 bits per heavy atom. The van der Waals surface area contributed by atoms with Crippen molar-refractivity contribution >= 4 is 10.7 Å². The second-order valence-corrected chi connectivity index (χ2v) is 8.87. The standard InChI is InChI=1S/C26H21F4NO2S/c27-22-12-10-21(11-13-22)24-23(20-8-6-19(7-9-20)17-34(32)33)16-31(25(24)26(28,29)30)15-14-18-4-2-1-3-5-18/h1-13,16,34H,14-15,17H2. The van der Waals surface area contributed by atoms with Crippen LogP contribution in [0, 0.1) is 5.82 Å². The van der Waals surface area contributed by atoms with E-state index in [0.29, 0.717) is 23.1 Å². The number of hydrogen-bond acceptors (Lipinski definition) is 2. The molecule has 0 saturated heterocycles. The molecule has 3 nitrogen and oxygen atoms in total. The summed E-state index contributed by atoms with van der Waals surface area (Å²) in [6.07, 6.45) is -2.79. The van der Waals surface area contributed by atoms with Crippen LogP contribution >= 0.6 is 0 Å². The largest absolute Gasteiger partial charge is 0.432 e. The first-order valence-electron chi connectivity index (χ1n) is 10.5. The highest BCUT2D eigenvalue weighted by molar-refractivity contribution is 7.71. The van der Waals surface area contributed by atoms with E-state index in [4.69, 9.17) is 0 Å². The van der Waals surface area contributed by atoms with E-state index in [9.17, 15) is 26.0 Å². The van der Waals surface area contributed by atoms with E-state index in [1.165, 1.54) is 22.9 Å². The monoisotopic (exact) mass is 487 g/mol. The van der Waals surface area contributed by atoms with Crippen LogP contribution in [0.3, 0.4) is 0 Å². The molecule has 0 saturated carbocycles. The maximum atomic E-state index is 14.4. The third-order valence-electron chi connectivity index (χ3n) is 5.54. The minimum atomic E-state index is -4.65. The summed E-state index contributed by atoms with van der Waals surface area (Å²) < 4.78 is 79.9. The normalized spacial score (nSPS) is 11.8. The Kier molecular flexibility index (Phi) is 6.88. The highest BCUT2D eigenvalue weighted by atomic mass is 32.2. The third-order valence-corrected chi connectivity index (χ3v) is 6.16. The van der Waals surface area contributed by atoms with Gasteiger partial charge in [-0.2, -0.15) is 13.2 Å². The van der Waals surface area contributed by atoms with Crippen LogP contribution in [0.25, 0.3) is 22.3 Å². The molecule has 0 N–H and O–H groups in total. The van der Waals surface area contributed by atoms with Crippen molar-refractivity contribution in [1.82, 2.24) is 4.57 Å². The molecule has 1 heterocycles. The van der Waals surface area contributed by atoms with Crippen LogP contribution in [-0.4, -0.2) is 13.0 Å². The van der Waals surface area contributed by atoms with E-state index < -0.39 is 28.4 Å². The van der Waals surface area contributed by atoms with Crippen LogP contribution in [0.15, 0.2) is 85.1 Å². The number of alkyl halides is 3. The van der Waals surface area contributed by atoms with Crippen molar-refractivity contribution in [2.75, 3.05) is 0 Å². The zero-order chi connectivity index (χ0) is 24.3. The molecule has 34 heavy (non-hydrogen) atoms. The van der Waals surface area contributed by atoms with E-state index in [2.05, 4.69) is 0 Å². The number of hydrogen-bond donors (Lipinski definition) is 1. The average molecular weight is 488 g/mol. The highest BCUT2D eigenvalue weighted by Crippen LogP contribution is 2.44. The molecule has 3 aromatic carbocycles. The minimum Gasteiger partial charge on any atom is -0.342 e. The van der Waals surface area contributed by atoms with Gasteiger partial charge in [0.2, 0.25) is 0 Å². The number of aromatic nitrogens is 1. The Balaban J connectivity index is 1.86. The average Bonchev–Trinajstić information content (AvgIpc) is 3.19. The first-order chi connectivity index (χ1) is 16.2. The van der Waals surface area contributed by atoms with Gasteiger partial charge in [0.15, 0.2) is 0 Å². The van der Waals surface area contributed by atoms with Crippen LogP contribution < -0.4 is 0 Å². The molecule has 0 aliphatic heterocycles. The van der Waals surface area contributed by atoms with Crippen molar-refractivity contribution in [3.05, 3.63) is 108 Å². The van der Waals surface area contributed by atoms with Gasteiger partial charge in [0.05, 0.1) is 5.75 Å². The van der Waals surface area contributed by atoms with Crippen LogP contribution in [0.2, 0.25) is 0 Å². The third kappa shape index (κ3) is 5.39.